The summed E-state index contributed by atoms with van der Waals surface area (Å²) in [5, 5.41) is 17.1. The van der Waals surface area contributed by atoms with Gasteiger partial charge in [-0.25, -0.2) is 0 Å². The maximum absolute atomic E-state index is 5.17. The van der Waals surface area contributed by atoms with E-state index in [0.29, 0.717) is 10.9 Å². The van der Waals surface area contributed by atoms with Crippen molar-refractivity contribution in [3.63, 3.8) is 0 Å². The lowest BCUT2D eigenvalue weighted by atomic mass is 10.2. The van der Waals surface area contributed by atoms with Crippen molar-refractivity contribution in [2.45, 2.75) is 24.8 Å². The molecule has 0 fully saturated rings. The molecule has 0 amide bonds. The highest BCUT2D eigenvalue weighted by molar-refractivity contribution is 7.98. The standard InChI is InChI=1S/C16H17N5O2S/c1-11-15(12(2)23-20-11)9-24-16-19-17-10-21(16)18-8-13-4-6-14(22-3)7-5-13/h4-8,10H,9H2,1-3H3/b18-8+. The molecule has 7 nitrogen and oxygen atoms in total. The SMILES string of the molecule is COc1ccc(/C=N/n2cnnc2SCc2c(C)noc2C)cc1. The van der Waals surface area contributed by atoms with Crippen LogP contribution >= 0.6 is 11.8 Å². The molecule has 3 aromatic rings. The number of ether oxygens (including phenoxy) is 1. The molecule has 0 atom stereocenters. The maximum Gasteiger partial charge on any atom is 0.212 e. The predicted octanol–water partition coefficient (Wildman–Crippen LogP) is 3.07. The Balaban J connectivity index is 1.69. The van der Waals surface area contributed by atoms with Crippen molar-refractivity contribution in [3.05, 3.63) is 53.2 Å². The number of nitrogens with zero attached hydrogens (tertiary/aromatic N) is 5. The summed E-state index contributed by atoms with van der Waals surface area (Å²) in [6.07, 6.45) is 3.33. The monoisotopic (exact) mass is 343 g/mol. The molecule has 3 rings (SSSR count). The number of hydrogen-bond donors (Lipinski definition) is 0. The minimum atomic E-state index is 0.706. The summed E-state index contributed by atoms with van der Waals surface area (Å²) in [6.45, 7) is 3.83. The van der Waals surface area contributed by atoms with E-state index in [1.807, 2.05) is 38.1 Å². The summed E-state index contributed by atoms with van der Waals surface area (Å²) < 4.78 is 12.0. The first-order chi connectivity index (χ1) is 11.7. The first-order valence-corrected chi connectivity index (χ1v) is 8.29. The van der Waals surface area contributed by atoms with Gasteiger partial charge in [-0.2, -0.15) is 9.78 Å². The smallest absolute Gasteiger partial charge is 0.212 e. The molecule has 8 heteroatoms. The van der Waals surface area contributed by atoms with Gasteiger partial charge in [-0.05, 0) is 43.7 Å². The third-order valence-corrected chi connectivity index (χ3v) is 4.43. The fraction of sp³-hybridized carbons (Fsp3) is 0.250. The molecule has 0 spiro atoms. The fourth-order valence-corrected chi connectivity index (χ4v) is 3.07. The highest BCUT2D eigenvalue weighted by Gasteiger charge is 2.11. The van der Waals surface area contributed by atoms with Crippen LogP contribution in [-0.2, 0) is 5.75 Å². The summed E-state index contributed by atoms with van der Waals surface area (Å²) in [6, 6.07) is 7.65. The Morgan fingerprint density at radius 2 is 2.08 bits per heavy atom. The molecule has 0 saturated heterocycles. The van der Waals surface area contributed by atoms with E-state index in [4.69, 9.17) is 9.26 Å². The Morgan fingerprint density at radius 1 is 1.29 bits per heavy atom. The van der Waals surface area contributed by atoms with Crippen molar-refractivity contribution in [2.24, 2.45) is 5.10 Å². The van der Waals surface area contributed by atoms with E-state index < -0.39 is 0 Å². The predicted molar refractivity (Wildman–Crippen MR) is 91.5 cm³/mol. The molecule has 124 valence electrons. The van der Waals surface area contributed by atoms with Crippen LogP contribution in [0.3, 0.4) is 0 Å². The summed E-state index contributed by atoms with van der Waals surface area (Å²) in [5.74, 6) is 2.35. The summed E-state index contributed by atoms with van der Waals surface area (Å²) in [5.41, 5.74) is 2.94. The normalized spacial score (nSPS) is 11.3. The van der Waals surface area contributed by atoms with Crippen molar-refractivity contribution in [1.82, 2.24) is 20.0 Å². The Hall–Kier alpha value is -2.61. The molecule has 1 aromatic carbocycles. The first kappa shape index (κ1) is 16.3. The lowest BCUT2D eigenvalue weighted by Gasteiger charge is -2.01. The van der Waals surface area contributed by atoms with E-state index in [-0.39, 0.29) is 0 Å². The van der Waals surface area contributed by atoms with Gasteiger partial charge >= 0.3 is 0 Å². The van der Waals surface area contributed by atoms with Crippen molar-refractivity contribution in [2.75, 3.05) is 7.11 Å². The minimum absolute atomic E-state index is 0.706. The van der Waals surface area contributed by atoms with Gasteiger partial charge in [0.2, 0.25) is 5.16 Å². The zero-order valence-electron chi connectivity index (χ0n) is 13.6. The largest absolute Gasteiger partial charge is 0.497 e. The lowest BCUT2D eigenvalue weighted by molar-refractivity contribution is 0.392. The lowest BCUT2D eigenvalue weighted by Crippen LogP contribution is -1.94. The third kappa shape index (κ3) is 3.65. The molecule has 0 N–H and O–H groups in total. The molecule has 2 heterocycles. The van der Waals surface area contributed by atoms with Crippen molar-refractivity contribution in [1.29, 1.82) is 0 Å². The van der Waals surface area contributed by atoms with Gasteiger partial charge in [0, 0.05) is 11.3 Å². The second kappa shape index (κ2) is 7.31. The molecule has 0 aliphatic carbocycles. The van der Waals surface area contributed by atoms with Crippen molar-refractivity contribution < 1.29 is 9.26 Å². The molecule has 0 unspecified atom stereocenters. The quantitative estimate of drug-likeness (QED) is 0.505. The average Bonchev–Trinajstić information content (AvgIpc) is 3.18. The zero-order valence-corrected chi connectivity index (χ0v) is 14.4. The highest BCUT2D eigenvalue weighted by atomic mass is 32.2. The molecule has 0 radical (unpaired) electrons. The molecule has 0 aliphatic heterocycles. The zero-order chi connectivity index (χ0) is 16.9. The Kier molecular flexibility index (Phi) is 4.95. The van der Waals surface area contributed by atoms with E-state index in [9.17, 15) is 0 Å². The van der Waals surface area contributed by atoms with Crippen LogP contribution in [0, 0.1) is 13.8 Å². The van der Waals surface area contributed by atoms with Crippen molar-refractivity contribution in [3.8, 4) is 5.75 Å². The number of thioether (sulfide) groups is 1. The van der Waals surface area contributed by atoms with Gasteiger partial charge in [0.1, 0.15) is 17.8 Å². The van der Waals surface area contributed by atoms with Crippen LogP contribution < -0.4 is 4.74 Å². The molecular formula is C16H17N5O2S. The summed E-state index contributed by atoms with van der Waals surface area (Å²) in [7, 11) is 1.64. The van der Waals surface area contributed by atoms with Crippen LogP contribution in [0.15, 0.2) is 45.4 Å². The molecule has 0 aliphatic rings. The second-order valence-corrected chi connectivity index (χ2v) is 6.01. The first-order valence-electron chi connectivity index (χ1n) is 7.30. The Labute approximate surface area is 143 Å². The Bertz CT molecular complexity index is 819. The number of methoxy groups -OCH3 is 1. The molecule has 2 aromatic heterocycles. The summed E-state index contributed by atoms with van der Waals surface area (Å²) in [4.78, 5) is 0. The van der Waals surface area contributed by atoms with E-state index in [1.54, 1.807) is 24.3 Å². The molecule has 0 saturated carbocycles. The van der Waals surface area contributed by atoms with Crippen LogP contribution in [0.4, 0.5) is 0 Å². The van der Waals surface area contributed by atoms with E-state index >= 15 is 0 Å². The van der Waals surface area contributed by atoms with Crippen LogP contribution in [-0.4, -0.2) is 33.4 Å². The van der Waals surface area contributed by atoms with Gasteiger partial charge in [-0.15, -0.1) is 10.2 Å². The fourth-order valence-electron chi connectivity index (χ4n) is 2.06. The van der Waals surface area contributed by atoms with Crippen LogP contribution in [0.1, 0.15) is 22.6 Å². The number of aromatic nitrogens is 4. The number of aryl methyl sites for hydroxylation is 2. The minimum Gasteiger partial charge on any atom is -0.497 e. The van der Waals surface area contributed by atoms with Crippen LogP contribution in [0.25, 0.3) is 0 Å². The number of rotatable bonds is 6. The maximum atomic E-state index is 5.17. The third-order valence-electron chi connectivity index (χ3n) is 3.47. The molecule has 0 bridgehead atoms. The van der Waals surface area contributed by atoms with E-state index in [1.165, 1.54) is 11.8 Å². The van der Waals surface area contributed by atoms with Gasteiger partial charge in [-0.1, -0.05) is 16.9 Å². The summed E-state index contributed by atoms with van der Waals surface area (Å²) >= 11 is 1.54. The molecule has 24 heavy (non-hydrogen) atoms. The average molecular weight is 343 g/mol. The van der Waals surface area contributed by atoms with Gasteiger partial charge < -0.3 is 9.26 Å². The second-order valence-electron chi connectivity index (χ2n) is 5.07. The molecular weight excluding hydrogens is 326 g/mol. The number of hydrogen-bond acceptors (Lipinski definition) is 7. The highest BCUT2D eigenvalue weighted by Crippen LogP contribution is 2.24. The van der Waals surface area contributed by atoms with Gasteiger partial charge in [0.05, 0.1) is 19.0 Å². The van der Waals surface area contributed by atoms with E-state index in [0.717, 1.165) is 28.3 Å². The van der Waals surface area contributed by atoms with Gasteiger partial charge in [-0.3, -0.25) is 0 Å². The van der Waals surface area contributed by atoms with Gasteiger partial charge in [0.15, 0.2) is 0 Å². The topological polar surface area (TPSA) is 78.3 Å². The van der Waals surface area contributed by atoms with Crippen LogP contribution in [0.2, 0.25) is 0 Å². The Morgan fingerprint density at radius 3 is 2.75 bits per heavy atom. The van der Waals surface area contributed by atoms with Crippen molar-refractivity contribution >= 4 is 18.0 Å². The van der Waals surface area contributed by atoms with Crippen LogP contribution in [0.5, 0.6) is 5.75 Å². The number of benzene rings is 1. The van der Waals surface area contributed by atoms with E-state index in [2.05, 4.69) is 20.5 Å². The van der Waals surface area contributed by atoms with Gasteiger partial charge in [0.25, 0.3) is 0 Å².